The summed E-state index contributed by atoms with van der Waals surface area (Å²) in [4.78, 5) is 0. The number of para-hydroxylation sites is 4. The van der Waals surface area contributed by atoms with E-state index in [9.17, 15) is 0 Å². The summed E-state index contributed by atoms with van der Waals surface area (Å²) >= 11 is 0. The Hall–Kier alpha value is -5.08. The molecule has 2 aliphatic rings. The van der Waals surface area contributed by atoms with Gasteiger partial charge in [0.1, 0.15) is 0 Å². The van der Waals surface area contributed by atoms with Crippen LogP contribution in [0, 0.1) is 0 Å². The van der Waals surface area contributed by atoms with E-state index in [0.29, 0.717) is 0 Å². The van der Waals surface area contributed by atoms with Gasteiger partial charge in [-0.25, -0.2) is 0 Å². The molecular weight excluding hydrogens is 569 g/mol. The highest BCUT2D eigenvalue weighted by atomic mass is 15.0. The molecular formula is C45H38N2. The van der Waals surface area contributed by atoms with Gasteiger partial charge in [-0.2, -0.15) is 0 Å². The Morgan fingerprint density at radius 2 is 0.936 bits per heavy atom. The molecule has 0 aliphatic heterocycles. The first-order valence-corrected chi connectivity index (χ1v) is 17.4. The maximum Gasteiger partial charge on any atom is 0.0541 e. The van der Waals surface area contributed by atoms with Crippen LogP contribution in [0.15, 0.2) is 133 Å². The molecule has 8 aromatic rings. The van der Waals surface area contributed by atoms with Gasteiger partial charge < -0.3 is 9.13 Å². The Kier molecular flexibility index (Phi) is 5.60. The Morgan fingerprint density at radius 3 is 1.40 bits per heavy atom. The highest BCUT2D eigenvalue weighted by molar-refractivity contribution is 6.10. The monoisotopic (exact) mass is 606 g/mol. The fourth-order valence-electron chi connectivity index (χ4n) is 10.1. The van der Waals surface area contributed by atoms with Crippen LogP contribution in [0.5, 0.6) is 0 Å². The molecule has 2 aliphatic carbocycles. The van der Waals surface area contributed by atoms with Crippen LogP contribution in [0.3, 0.4) is 0 Å². The van der Waals surface area contributed by atoms with E-state index in [1.165, 1.54) is 104 Å². The Morgan fingerprint density at radius 1 is 0.511 bits per heavy atom. The lowest BCUT2D eigenvalue weighted by Crippen LogP contribution is -2.46. The molecule has 0 saturated heterocycles. The summed E-state index contributed by atoms with van der Waals surface area (Å²) in [5.74, 6) is 0. The molecule has 0 amide bonds. The van der Waals surface area contributed by atoms with Crippen LogP contribution in [0.2, 0.25) is 0 Å². The highest BCUT2D eigenvalue weighted by Gasteiger charge is 2.56. The SMILES string of the molecule is CCC[C@@]12CCC[C@]1(C)c1cc(-n3c4ccccc4c4ccccc43)ccc1-c1ccc(-n3c4ccccc4c4ccccc43)cc12. The van der Waals surface area contributed by atoms with Gasteiger partial charge in [0.25, 0.3) is 0 Å². The topological polar surface area (TPSA) is 9.86 Å². The molecule has 0 radical (unpaired) electrons. The van der Waals surface area contributed by atoms with E-state index in [1.54, 1.807) is 5.56 Å². The summed E-state index contributed by atoms with van der Waals surface area (Å²) in [5, 5.41) is 5.27. The number of hydrogen-bond acceptors (Lipinski definition) is 0. The van der Waals surface area contributed by atoms with Gasteiger partial charge in [-0.05, 0) is 90.0 Å². The zero-order valence-electron chi connectivity index (χ0n) is 27.1. The molecule has 2 heteroatoms. The van der Waals surface area contributed by atoms with Crippen LogP contribution in [-0.2, 0) is 10.8 Å². The van der Waals surface area contributed by atoms with Crippen molar-refractivity contribution in [1.29, 1.82) is 0 Å². The third-order valence-electron chi connectivity index (χ3n) is 12.1. The minimum atomic E-state index is 0.0551. The van der Waals surface area contributed by atoms with Crippen molar-refractivity contribution in [3.63, 3.8) is 0 Å². The first-order chi connectivity index (χ1) is 23.1. The van der Waals surface area contributed by atoms with Crippen LogP contribution >= 0.6 is 0 Å². The second kappa shape index (κ2) is 9.72. The molecule has 2 nitrogen and oxygen atoms in total. The molecule has 47 heavy (non-hydrogen) atoms. The summed E-state index contributed by atoms with van der Waals surface area (Å²) < 4.78 is 4.99. The molecule has 1 saturated carbocycles. The minimum Gasteiger partial charge on any atom is -0.309 e. The van der Waals surface area contributed by atoms with Crippen LogP contribution in [0.4, 0.5) is 0 Å². The third-order valence-corrected chi connectivity index (χ3v) is 12.1. The number of fused-ring (bicyclic) bond motifs is 12. The zero-order chi connectivity index (χ0) is 31.3. The number of hydrogen-bond donors (Lipinski definition) is 0. The van der Waals surface area contributed by atoms with Gasteiger partial charge in [-0.3, -0.25) is 0 Å². The van der Waals surface area contributed by atoms with E-state index in [1.807, 2.05) is 0 Å². The highest BCUT2D eigenvalue weighted by Crippen LogP contribution is 2.64. The molecule has 228 valence electrons. The summed E-state index contributed by atoms with van der Waals surface area (Å²) in [6.45, 7) is 4.98. The van der Waals surface area contributed by atoms with Crippen molar-refractivity contribution in [3.8, 4) is 22.5 Å². The van der Waals surface area contributed by atoms with E-state index in [-0.39, 0.29) is 10.8 Å². The molecule has 0 bridgehead atoms. The summed E-state index contributed by atoms with van der Waals surface area (Å²) in [6.07, 6.45) is 6.09. The third kappa shape index (κ3) is 3.46. The Bertz CT molecular complexity index is 2440. The quantitative estimate of drug-likeness (QED) is 0.189. The normalized spacial score (nSPS) is 20.2. The van der Waals surface area contributed by atoms with Gasteiger partial charge in [0.15, 0.2) is 0 Å². The number of rotatable bonds is 4. The number of nitrogens with zero attached hydrogens (tertiary/aromatic N) is 2. The first kappa shape index (κ1) is 27.1. The van der Waals surface area contributed by atoms with E-state index in [2.05, 4.69) is 156 Å². The molecule has 0 N–H and O–H groups in total. The van der Waals surface area contributed by atoms with Crippen LogP contribution < -0.4 is 0 Å². The lowest BCUT2D eigenvalue weighted by Gasteiger charge is -2.50. The van der Waals surface area contributed by atoms with Crippen molar-refractivity contribution in [2.75, 3.05) is 0 Å². The molecule has 0 spiro atoms. The van der Waals surface area contributed by atoms with Gasteiger partial charge >= 0.3 is 0 Å². The Labute approximate surface area is 275 Å². The van der Waals surface area contributed by atoms with Crippen molar-refractivity contribution in [1.82, 2.24) is 9.13 Å². The lowest BCUT2D eigenvalue weighted by atomic mass is 9.53. The zero-order valence-corrected chi connectivity index (χ0v) is 27.1. The molecule has 0 unspecified atom stereocenters. The van der Waals surface area contributed by atoms with Crippen molar-refractivity contribution in [2.24, 2.45) is 0 Å². The molecule has 1 fully saturated rings. The van der Waals surface area contributed by atoms with E-state index in [0.717, 1.165) is 0 Å². The number of benzene rings is 6. The van der Waals surface area contributed by atoms with Crippen molar-refractivity contribution in [2.45, 2.75) is 56.8 Å². The molecule has 6 aromatic carbocycles. The fraction of sp³-hybridized carbons (Fsp3) is 0.200. The van der Waals surface area contributed by atoms with Crippen LogP contribution in [0.25, 0.3) is 66.1 Å². The van der Waals surface area contributed by atoms with Crippen molar-refractivity contribution in [3.05, 3.63) is 145 Å². The second-order valence-electron chi connectivity index (χ2n) is 14.2. The second-order valence-corrected chi connectivity index (χ2v) is 14.2. The predicted octanol–water partition coefficient (Wildman–Crippen LogP) is 12.0. The maximum absolute atomic E-state index is 2.60. The lowest BCUT2D eigenvalue weighted by molar-refractivity contribution is 0.251. The van der Waals surface area contributed by atoms with Gasteiger partial charge in [0.2, 0.25) is 0 Å². The fourth-order valence-corrected chi connectivity index (χ4v) is 10.1. The van der Waals surface area contributed by atoms with E-state index in [4.69, 9.17) is 0 Å². The predicted molar refractivity (Wildman–Crippen MR) is 198 cm³/mol. The minimum absolute atomic E-state index is 0.0551. The maximum atomic E-state index is 2.60. The van der Waals surface area contributed by atoms with Gasteiger partial charge in [-0.1, -0.05) is 112 Å². The van der Waals surface area contributed by atoms with Crippen LogP contribution in [-0.4, -0.2) is 9.13 Å². The summed E-state index contributed by atoms with van der Waals surface area (Å²) in [5.41, 5.74) is 13.7. The first-order valence-electron chi connectivity index (χ1n) is 17.4. The average molecular weight is 607 g/mol. The van der Waals surface area contributed by atoms with Gasteiger partial charge in [0.05, 0.1) is 22.1 Å². The number of aromatic nitrogens is 2. The molecule has 10 rings (SSSR count). The van der Waals surface area contributed by atoms with Gasteiger partial charge in [0, 0.05) is 43.7 Å². The largest absolute Gasteiger partial charge is 0.309 e. The van der Waals surface area contributed by atoms with Crippen molar-refractivity contribution < 1.29 is 0 Å². The van der Waals surface area contributed by atoms with Gasteiger partial charge in [-0.15, -0.1) is 0 Å². The van der Waals surface area contributed by atoms with Crippen LogP contribution in [0.1, 0.15) is 57.1 Å². The van der Waals surface area contributed by atoms with E-state index < -0.39 is 0 Å². The summed E-state index contributed by atoms with van der Waals surface area (Å²) in [6, 6.07) is 50.3. The Balaban J connectivity index is 1.24. The molecule has 2 aromatic heterocycles. The van der Waals surface area contributed by atoms with Crippen molar-refractivity contribution >= 4 is 43.6 Å². The molecule has 2 atom stereocenters. The summed E-state index contributed by atoms with van der Waals surface area (Å²) in [7, 11) is 0. The molecule has 2 heterocycles. The smallest absolute Gasteiger partial charge is 0.0541 e. The standard InChI is InChI=1S/C45H38N2/c1-3-25-45-27-12-26-44(45,2)38-28-30(46-40-17-8-4-13-34(40)35-14-5-9-18-41(35)46)21-23-32(38)33-24-22-31(29-39(33)45)47-42-19-10-6-15-36(42)37-16-7-11-20-43(37)47/h4-11,13-24,28-29H,3,12,25-27H2,1-2H3/t44-,45+/m1/s1. The average Bonchev–Trinajstić information content (AvgIpc) is 3.76. The van der Waals surface area contributed by atoms with E-state index >= 15 is 0 Å².